The fraction of sp³-hybridized carbons (Fsp3) is 0.500. The molecule has 24 heavy (non-hydrogen) atoms. The highest BCUT2D eigenvalue weighted by molar-refractivity contribution is 5.56. The maximum atomic E-state index is 14.2. The largest absolute Gasteiger partial charge is 0.497 e. The number of aromatic nitrogens is 1. The van der Waals surface area contributed by atoms with Gasteiger partial charge in [0.15, 0.2) is 0 Å². The Morgan fingerprint density at radius 2 is 2.04 bits per heavy atom. The average molecular weight is 336 g/mol. The minimum Gasteiger partial charge on any atom is -0.497 e. The van der Waals surface area contributed by atoms with Crippen molar-refractivity contribution in [3.05, 3.63) is 35.5 Å². The zero-order valence-electron chi connectivity index (χ0n) is 14.9. The van der Waals surface area contributed by atoms with Crippen molar-refractivity contribution in [1.82, 2.24) is 9.88 Å². The summed E-state index contributed by atoms with van der Waals surface area (Å²) in [6, 6.07) is 4.98. The van der Waals surface area contributed by atoms with Gasteiger partial charge in [0.2, 0.25) is 5.89 Å². The third-order valence-electron chi connectivity index (χ3n) is 3.97. The van der Waals surface area contributed by atoms with Crippen molar-refractivity contribution in [2.24, 2.45) is 0 Å². The van der Waals surface area contributed by atoms with Gasteiger partial charge in [0.1, 0.15) is 17.3 Å². The van der Waals surface area contributed by atoms with Gasteiger partial charge >= 0.3 is 0 Å². The van der Waals surface area contributed by atoms with Crippen molar-refractivity contribution in [3.63, 3.8) is 0 Å². The van der Waals surface area contributed by atoms with Crippen molar-refractivity contribution < 1.29 is 18.3 Å². The van der Waals surface area contributed by atoms with Crippen LogP contribution in [0.2, 0.25) is 0 Å². The van der Waals surface area contributed by atoms with Crippen LogP contribution in [0.15, 0.2) is 22.6 Å². The summed E-state index contributed by atoms with van der Waals surface area (Å²) in [6.07, 6.45) is 0. The normalized spacial score (nSPS) is 11.5. The van der Waals surface area contributed by atoms with Crippen LogP contribution < -0.4 is 4.74 Å². The van der Waals surface area contributed by atoms with Crippen LogP contribution in [0, 0.1) is 12.7 Å². The van der Waals surface area contributed by atoms with E-state index in [1.165, 1.54) is 13.2 Å². The second-order valence-electron chi connectivity index (χ2n) is 5.92. The van der Waals surface area contributed by atoms with Gasteiger partial charge in [0.05, 0.1) is 25.0 Å². The first-order chi connectivity index (χ1) is 11.5. The highest BCUT2D eigenvalue weighted by Crippen LogP contribution is 2.27. The molecule has 0 saturated carbocycles. The van der Waals surface area contributed by atoms with Gasteiger partial charge in [-0.05, 0) is 32.9 Å². The molecule has 0 aliphatic carbocycles. The molecular formula is C18H25FN2O3. The third kappa shape index (κ3) is 4.33. The van der Waals surface area contributed by atoms with Crippen LogP contribution in [0.5, 0.6) is 5.75 Å². The molecule has 2 aromatic rings. The number of rotatable bonds is 8. The number of benzene rings is 1. The van der Waals surface area contributed by atoms with Gasteiger partial charge in [-0.1, -0.05) is 0 Å². The summed E-state index contributed by atoms with van der Waals surface area (Å²) in [7, 11) is 3.19. The van der Waals surface area contributed by atoms with E-state index in [4.69, 9.17) is 13.9 Å². The van der Waals surface area contributed by atoms with E-state index >= 15 is 0 Å². The van der Waals surface area contributed by atoms with E-state index in [0.29, 0.717) is 36.3 Å². The van der Waals surface area contributed by atoms with Crippen LogP contribution in [0.25, 0.3) is 11.5 Å². The molecule has 132 valence electrons. The lowest BCUT2D eigenvalue weighted by molar-refractivity contribution is 0.124. The summed E-state index contributed by atoms with van der Waals surface area (Å²) in [5, 5.41) is 0. The Morgan fingerprint density at radius 1 is 1.29 bits per heavy atom. The molecule has 1 aromatic carbocycles. The van der Waals surface area contributed by atoms with E-state index < -0.39 is 5.82 Å². The summed E-state index contributed by atoms with van der Waals surface area (Å²) in [5.74, 6) is 1.04. The Hall–Kier alpha value is -1.92. The zero-order chi connectivity index (χ0) is 17.7. The molecule has 0 amide bonds. The number of hydrogen-bond acceptors (Lipinski definition) is 5. The first-order valence-electron chi connectivity index (χ1n) is 7.99. The number of nitrogens with zero attached hydrogens (tertiary/aromatic N) is 2. The fourth-order valence-corrected chi connectivity index (χ4v) is 2.41. The van der Waals surface area contributed by atoms with E-state index in [1.807, 2.05) is 6.92 Å². The van der Waals surface area contributed by atoms with E-state index in [0.717, 1.165) is 12.2 Å². The highest BCUT2D eigenvalue weighted by atomic mass is 19.1. The summed E-state index contributed by atoms with van der Waals surface area (Å²) in [4.78, 5) is 6.74. The lowest BCUT2D eigenvalue weighted by Crippen LogP contribution is -2.33. The summed E-state index contributed by atoms with van der Waals surface area (Å²) in [5.41, 5.74) is 1.14. The van der Waals surface area contributed by atoms with Gasteiger partial charge < -0.3 is 13.9 Å². The van der Waals surface area contributed by atoms with Crippen LogP contribution in [0.3, 0.4) is 0 Å². The molecule has 2 rings (SSSR count). The average Bonchev–Trinajstić information content (AvgIpc) is 2.91. The molecule has 1 heterocycles. The lowest BCUT2D eigenvalue weighted by atomic mass is 10.2. The SMILES string of the molecule is COCCN(Cc1nc(-c2ccc(OC)cc2F)oc1C)C(C)C. The van der Waals surface area contributed by atoms with Crippen molar-refractivity contribution in [2.75, 3.05) is 27.4 Å². The first-order valence-corrected chi connectivity index (χ1v) is 7.99. The molecule has 0 fully saturated rings. The van der Waals surface area contributed by atoms with E-state index in [-0.39, 0.29) is 5.89 Å². The van der Waals surface area contributed by atoms with Crippen LogP contribution in [0.4, 0.5) is 4.39 Å². The molecule has 0 N–H and O–H groups in total. The van der Waals surface area contributed by atoms with E-state index in [9.17, 15) is 4.39 Å². The molecule has 0 aliphatic heterocycles. The Morgan fingerprint density at radius 3 is 2.62 bits per heavy atom. The maximum Gasteiger partial charge on any atom is 0.229 e. The molecule has 0 bridgehead atoms. The van der Waals surface area contributed by atoms with Gasteiger partial charge in [-0.2, -0.15) is 0 Å². The number of hydrogen-bond donors (Lipinski definition) is 0. The Balaban J connectivity index is 2.23. The second kappa shape index (κ2) is 8.26. The molecule has 0 aliphatic rings. The molecule has 0 spiro atoms. The summed E-state index contributed by atoms with van der Waals surface area (Å²) in [6.45, 7) is 8.17. The van der Waals surface area contributed by atoms with Gasteiger partial charge in [0.25, 0.3) is 0 Å². The number of aryl methyl sites for hydroxylation is 1. The first kappa shape index (κ1) is 18.4. The predicted molar refractivity (Wildman–Crippen MR) is 90.6 cm³/mol. The lowest BCUT2D eigenvalue weighted by Gasteiger charge is -2.25. The third-order valence-corrected chi connectivity index (χ3v) is 3.97. The molecule has 5 nitrogen and oxygen atoms in total. The van der Waals surface area contributed by atoms with Crippen LogP contribution in [0.1, 0.15) is 25.3 Å². The predicted octanol–water partition coefficient (Wildman–Crippen LogP) is 3.65. The quantitative estimate of drug-likeness (QED) is 0.736. The van der Waals surface area contributed by atoms with Crippen molar-refractivity contribution in [2.45, 2.75) is 33.4 Å². The molecule has 1 aromatic heterocycles. The van der Waals surface area contributed by atoms with Crippen LogP contribution >= 0.6 is 0 Å². The van der Waals surface area contributed by atoms with Gasteiger partial charge in [-0.15, -0.1) is 0 Å². The summed E-state index contributed by atoms with van der Waals surface area (Å²) < 4.78 is 30.1. The van der Waals surface area contributed by atoms with Crippen molar-refractivity contribution in [3.8, 4) is 17.2 Å². The molecule has 0 unspecified atom stereocenters. The second-order valence-corrected chi connectivity index (χ2v) is 5.92. The highest BCUT2D eigenvalue weighted by Gasteiger charge is 2.18. The molecule has 6 heteroatoms. The standard InChI is InChI=1S/C18H25FN2O3/c1-12(2)21(8-9-22-4)11-17-13(3)24-18(20-17)15-7-6-14(23-5)10-16(15)19/h6-7,10,12H,8-9,11H2,1-5H3. The van der Waals surface area contributed by atoms with Crippen LogP contribution in [-0.2, 0) is 11.3 Å². The fourth-order valence-electron chi connectivity index (χ4n) is 2.41. The Bertz CT molecular complexity index is 670. The van der Waals surface area contributed by atoms with E-state index in [2.05, 4.69) is 23.7 Å². The Kier molecular flexibility index (Phi) is 6.34. The van der Waals surface area contributed by atoms with Crippen molar-refractivity contribution in [1.29, 1.82) is 0 Å². The summed E-state index contributed by atoms with van der Waals surface area (Å²) >= 11 is 0. The number of halogens is 1. The Labute approximate surface area is 142 Å². The maximum absolute atomic E-state index is 14.2. The molecule has 0 radical (unpaired) electrons. The zero-order valence-corrected chi connectivity index (χ0v) is 14.9. The van der Waals surface area contributed by atoms with E-state index in [1.54, 1.807) is 19.2 Å². The smallest absolute Gasteiger partial charge is 0.229 e. The minimum atomic E-state index is -0.415. The molecular weight excluding hydrogens is 311 g/mol. The molecule has 0 atom stereocenters. The van der Waals surface area contributed by atoms with Crippen molar-refractivity contribution >= 4 is 0 Å². The molecule has 0 saturated heterocycles. The topological polar surface area (TPSA) is 47.7 Å². The van der Waals surface area contributed by atoms with Gasteiger partial charge in [-0.25, -0.2) is 9.37 Å². The van der Waals surface area contributed by atoms with Gasteiger partial charge in [-0.3, -0.25) is 4.90 Å². The minimum absolute atomic E-state index is 0.290. The van der Waals surface area contributed by atoms with Gasteiger partial charge in [0, 0.05) is 32.3 Å². The number of ether oxygens (including phenoxy) is 2. The number of oxazole rings is 1. The van der Waals surface area contributed by atoms with Crippen LogP contribution in [-0.4, -0.2) is 43.3 Å². The number of methoxy groups -OCH3 is 2. The monoisotopic (exact) mass is 336 g/mol.